The molecule has 2 heterocycles. The zero-order valence-corrected chi connectivity index (χ0v) is 12.1. The highest BCUT2D eigenvalue weighted by atomic mass is 32.2. The number of nitrogens with two attached hydrogens (primary N) is 1. The molecule has 8 heteroatoms. The molecule has 6 nitrogen and oxygen atoms in total. The van der Waals surface area contributed by atoms with E-state index >= 15 is 0 Å². The van der Waals surface area contributed by atoms with Gasteiger partial charge in [-0.2, -0.15) is 4.37 Å². The molecule has 19 heavy (non-hydrogen) atoms. The summed E-state index contributed by atoms with van der Waals surface area (Å²) in [6.45, 7) is 3.87. The molecule has 0 aliphatic rings. The van der Waals surface area contributed by atoms with Crippen LogP contribution in [0, 0.1) is 6.92 Å². The average Bonchev–Trinajstić information content (AvgIpc) is 2.84. The molecule has 100 valence electrons. The van der Waals surface area contributed by atoms with Crippen LogP contribution in [-0.4, -0.2) is 25.4 Å². The topological polar surface area (TPSA) is 97.3 Å². The van der Waals surface area contributed by atoms with Crippen molar-refractivity contribution in [3.8, 4) is 0 Å². The molecular weight excluding hydrogens is 282 g/mol. The Balaban J connectivity index is 2.27. The molecule has 0 aliphatic carbocycles. The summed E-state index contributed by atoms with van der Waals surface area (Å²) in [5.41, 5.74) is 7.02. The van der Waals surface area contributed by atoms with Crippen LogP contribution in [0.25, 0.3) is 0 Å². The first-order valence-corrected chi connectivity index (χ1v) is 7.18. The van der Waals surface area contributed by atoms with Crippen LogP contribution in [0.15, 0.2) is 26.7 Å². The first kappa shape index (κ1) is 13.8. The predicted octanol–water partition coefficient (Wildman–Crippen LogP) is 2.05. The molecule has 0 aromatic carbocycles. The highest BCUT2D eigenvalue weighted by molar-refractivity contribution is 8.00. The van der Waals surface area contributed by atoms with Gasteiger partial charge in [-0.05, 0) is 42.4 Å². The van der Waals surface area contributed by atoms with Crippen LogP contribution in [-0.2, 0) is 6.42 Å². The molecule has 0 saturated carbocycles. The Hall–Kier alpha value is -1.67. The number of nitrogens with zero attached hydrogens (tertiary/aromatic N) is 4. The Morgan fingerprint density at radius 1 is 1.47 bits per heavy atom. The fourth-order valence-electron chi connectivity index (χ4n) is 1.41. The molecule has 0 bridgehead atoms. The normalized spacial score (nSPS) is 11.8. The Kier molecular flexibility index (Phi) is 4.33. The Labute approximate surface area is 118 Å². The molecular formula is C11H13N5OS2. The van der Waals surface area contributed by atoms with E-state index in [-0.39, 0.29) is 5.84 Å². The van der Waals surface area contributed by atoms with Gasteiger partial charge in [0, 0.05) is 17.7 Å². The monoisotopic (exact) mass is 295 g/mol. The lowest BCUT2D eigenvalue weighted by atomic mass is 10.2. The highest BCUT2D eigenvalue weighted by Crippen LogP contribution is 2.28. The van der Waals surface area contributed by atoms with E-state index in [1.807, 2.05) is 13.8 Å². The molecule has 0 radical (unpaired) electrons. The molecule has 2 aromatic heterocycles. The summed E-state index contributed by atoms with van der Waals surface area (Å²) in [5.74, 6) is 0.899. The minimum atomic E-state index is 0.0684. The van der Waals surface area contributed by atoms with Crippen LogP contribution in [0.1, 0.15) is 24.0 Å². The second-order valence-electron chi connectivity index (χ2n) is 3.75. The number of aromatic nitrogens is 3. The zero-order chi connectivity index (χ0) is 13.8. The van der Waals surface area contributed by atoms with Gasteiger partial charge in [0.05, 0.1) is 0 Å². The van der Waals surface area contributed by atoms with Crippen molar-refractivity contribution in [2.24, 2.45) is 10.9 Å². The van der Waals surface area contributed by atoms with E-state index in [0.29, 0.717) is 5.56 Å². The van der Waals surface area contributed by atoms with Crippen molar-refractivity contribution < 1.29 is 5.21 Å². The summed E-state index contributed by atoms with van der Waals surface area (Å²) in [5, 5.41) is 12.5. The van der Waals surface area contributed by atoms with Crippen molar-refractivity contribution in [1.29, 1.82) is 0 Å². The third-order valence-corrected chi connectivity index (χ3v) is 4.00. The van der Waals surface area contributed by atoms with E-state index in [4.69, 9.17) is 10.9 Å². The van der Waals surface area contributed by atoms with Crippen molar-refractivity contribution in [1.82, 2.24) is 14.3 Å². The van der Waals surface area contributed by atoms with E-state index in [0.717, 1.165) is 27.3 Å². The summed E-state index contributed by atoms with van der Waals surface area (Å²) >= 11 is 2.77. The van der Waals surface area contributed by atoms with Crippen molar-refractivity contribution in [3.05, 3.63) is 29.2 Å². The van der Waals surface area contributed by atoms with Crippen LogP contribution < -0.4 is 5.73 Å². The van der Waals surface area contributed by atoms with Gasteiger partial charge in [-0.25, -0.2) is 9.97 Å². The van der Waals surface area contributed by atoms with Gasteiger partial charge >= 0.3 is 0 Å². The third kappa shape index (κ3) is 3.42. The maximum Gasteiger partial charge on any atom is 0.176 e. The minimum Gasteiger partial charge on any atom is -0.409 e. The molecule has 2 rings (SSSR count). The van der Waals surface area contributed by atoms with Gasteiger partial charge in [0.25, 0.3) is 0 Å². The SMILES string of the molecule is CCc1nsc(Sc2cc(/C(N)=N/O)cc(C)n2)n1. The van der Waals surface area contributed by atoms with Crippen LogP contribution in [0.5, 0.6) is 0 Å². The van der Waals surface area contributed by atoms with Gasteiger partial charge in [-0.15, -0.1) is 0 Å². The molecule has 0 unspecified atom stereocenters. The maximum atomic E-state index is 8.71. The molecule has 0 saturated heterocycles. The summed E-state index contributed by atoms with van der Waals surface area (Å²) in [6, 6.07) is 3.52. The van der Waals surface area contributed by atoms with Crippen molar-refractivity contribution in [2.45, 2.75) is 29.6 Å². The smallest absolute Gasteiger partial charge is 0.176 e. The van der Waals surface area contributed by atoms with Crippen molar-refractivity contribution in [3.63, 3.8) is 0 Å². The Morgan fingerprint density at radius 2 is 2.26 bits per heavy atom. The number of rotatable bonds is 4. The second kappa shape index (κ2) is 5.98. The number of hydrogen-bond donors (Lipinski definition) is 2. The fourth-order valence-corrected chi connectivity index (χ4v) is 3.13. The summed E-state index contributed by atoms with van der Waals surface area (Å²) in [7, 11) is 0. The summed E-state index contributed by atoms with van der Waals surface area (Å²) in [4.78, 5) is 8.76. The van der Waals surface area contributed by atoms with E-state index in [1.54, 1.807) is 12.1 Å². The van der Waals surface area contributed by atoms with Gasteiger partial charge in [0.2, 0.25) is 0 Å². The molecule has 0 atom stereocenters. The molecule has 0 spiro atoms. The van der Waals surface area contributed by atoms with Crippen molar-refractivity contribution in [2.75, 3.05) is 0 Å². The van der Waals surface area contributed by atoms with Gasteiger partial charge in [-0.1, -0.05) is 12.1 Å². The first-order chi connectivity index (χ1) is 9.12. The number of amidine groups is 1. The van der Waals surface area contributed by atoms with Gasteiger partial charge in [-0.3, -0.25) is 0 Å². The Morgan fingerprint density at radius 3 is 2.89 bits per heavy atom. The summed E-state index contributed by atoms with van der Waals surface area (Å²) < 4.78 is 5.05. The van der Waals surface area contributed by atoms with E-state index in [2.05, 4.69) is 19.5 Å². The van der Waals surface area contributed by atoms with Gasteiger partial charge in [0.1, 0.15) is 10.9 Å². The highest BCUT2D eigenvalue weighted by Gasteiger charge is 2.09. The van der Waals surface area contributed by atoms with Crippen LogP contribution >= 0.6 is 23.3 Å². The lowest BCUT2D eigenvalue weighted by Gasteiger charge is -2.03. The van der Waals surface area contributed by atoms with E-state index in [9.17, 15) is 0 Å². The van der Waals surface area contributed by atoms with Crippen LogP contribution in [0.4, 0.5) is 0 Å². The van der Waals surface area contributed by atoms with Gasteiger partial charge in [0.15, 0.2) is 10.2 Å². The summed E-state index contributed by atoms with van der Waals surface area (Å²) in [6.07, 6.45) is 0.813. The predicted molar refractivity (Wildman–Crippen MR) is 74.9 cm³/mol. The van der Waals surface area contributed by atoms with E-state index in [1.165, 1.54) is 23.3 Å². The molecule has 2 aromatic rings. The molecule has 0 aliphatic heterocycles. The molecule has 0 amide bonds. The fraction of sp³-hybridized carbons (Fsp3) is 0.273. The van der Waals surface area contributed by atoms with Crippen LogP contribution in [0.3, 0.4) is 0 Å². The van der Waals surface area contributed by atoms with Crippen LogP contribution in [0.2, 0.25) is 0 Å². The quantitative estimate of drug-likeness (QED) is 0.388. The zero-order valence-electron chi connectivity index (χ0n) is 10.5. The lowest BCUT2D eigenvalue weighted by molar-refractivity contribution is 0.318. The minimum absolute atomic E-state index is 0.0684. The van der Waals surface area contributed by atoms with Crippen molar-refractivity contribution >= 4 is 29.1 Å². The largest absolute Gasteiger partial charge is 0.409 e. The Bertz CT molecular complexity index is 611. The number of aryl methyl sites for hydroxylation is 2. The van der Waals surface area contributed by atoms with E-state index < -0.39 is 0 Å². The second-order valence-corrected chi connectivity index (χ2v) is 5.77. The average molecular weight is 295 g/mol. The standard InChI is InChI=1S/C11H13N5OS2/c1-3-8-14-11(19-16-8)18-9-5-7(10(12)15-17)4-6(2)13-9/h4-5,17H,3H2,1-2H3,(H2,12,15). The molecule has 3 N–H and O–H groups in total. The number of oxime groups is 1. The third-order valence-electron chi connectivity index (χ3n) is 2.29. The lowest BCUT2D eigenvalue weighted by Crippen LogP contribution is -2.13. The van der Waals surface area contributed by atoms with Gasteiger partial charge < -0.3 is 10.9 Å². The number of hydrogen-bond acceptors (Lipinski definition) is 7. The molecule has 0 fully saturated rings. The first-order valence-electron chi connectivity index (χ1n) is 5.59. The maximum absolute atomic E-state index is 8.71. The number of pyridine rings is 1.